The number of nitrogens with one attached hydrogen (secondary N) is 2. The molecule has 0 radical (unpaired) electrons. The summed E-state index contributed by atoms with van der Waals surface area (Å²) in [6, 6.07) is 11.9. The Hall–Kier alpha value is -2.73. The van der Waals surface area contributed by atoms with E-state index in [-0.39, 0.29) is 17.9 Å². The number of hydrogen-bond acceptors (Lipinski definition) is 5. The molecule has 0 fully saturated rings. The van der Waals surface area contributed by atoms with Crippen molar-refractivity contribution in [3.8, 4) is 11.5 Å². The van der Waals surface area contributed by atoms with Crippen LogP contribution in [0.25, 0.3) is 0 Å². The molecular formula is C15H16N2O4. The lowest BCUT2D eigenvalue weighted by molar-refractivity contribution is 0.0693. The maximum atomic E-state index is 10.9. The molecule has 0 saturated carbocycles. The first-order valence-corrected chi connectivity index (χ1v) is 6.29. The lowest BCUT2D eigenvalue weighted by Gasteiger charge is -2.13. The third-order valence-corrected chi connectivity index (χ3v) is 2.96. The van der Waals surface area contributed by atoms with Gasteiger partial charge in [0, 0.05) is 12.1 Å². The predicted octanol–water partition coefficient (Wildman–Crippen LogP) is 2.22. The quantitative estimate of drug-likeness (QED) is 0.609. The number of carboxylic acids is 1. The molecule has 0 saturated heterocycles. The number of hydrogen-bond donors (Lipinski definition) is 4. The molecule has 2 rings (SSSR count). The van der Waals surface area contributed by atoms with Crippen LogP contribution in [0.3, 0.4) is 0 Å². The van der Waals surface area contributed by atoms with Crippen molar-refractivity contribution in [1.29, 1.82) is 0 Å². The first-order chi connectivity index (χ1) is 10.1. The molecule has 2 aromatic rings. The Morgan fingerprint density at radius 2 is 1.95 bits per heavy atom. The van der Waals surface area contributed by atoms with E-state index >= 15 is 0 Å². The second-order valence-electron chi connectivity index (χ2n) is 4.30. The summed E-state index contributed by atoms with van der Waals surface area (Å²) in [7, 11) is 1.57. The maximum Gasteiger partial charge on any atom is 0.339 e. The van der Waals surface area contributed by atoms with Gasteiger partial charge in [-0.2, -0.15) is 0 Å². The zero-order valence-electron chi connectivity index (χ0n) is 11.5. The van der Waals surface area contributed by atoms with Gasteiger partial charge in [-0.25, -0.2) is 10.2 Å². The van der Waals surface area contributed by atoms with Crippen LogP contribution in [0, 0.1) is 0 Å². The lowest BCUT2D eigenvalue weighted by Crippen LogP contribution is -2.21. The minimum Gasteiger partial charge on any atom is -0.507 e. The normalized spacial score (nSPS) is 10.1. The molecule has 0 spiro atoms. The van der Waals surface area contributed by atoms with E-state index in [0.29, 0.717) is 11.3 Å². The van der Waals surface area contributed by atoms with Gasteiger partial charge in [0.1, 0.15) is 17.1 Å². The van der Waals surface area contributed by atoms with Gasteiger partial charge in [-0.15, -0.1) is 0 Å². The summed E-state index contributed by atoms with van der Waals surface area (Å²) in [5.41, 5.74) is 6.98. The fourth-order valence-corrected chi connectivity index (χ4v) is 1.89. The Morgan fingerprint density at radius 1 is 1.19 bits per heavy atom. The highest BCUT2D eigenvalue weighted by Crippen LogP contribution is 2.24. The topological polar surface area (TPSA) is 90.8 Å². The van der Waals surface area contributed by atoms with Crippen LogP contribution in [-0.2, 0) is 6.54 Å². The molecule has 4 N–H and O–H groups in total. The maximum absolute atomic E-state index is 10.9. The van der Waals surface area contributed by atoms with Crippen LogP contribution >= 0.6 is 0 Å². The SMILES string of the molecule is COc1ccccc1NNCc1cccc(C(=O)O)c1O. The van der Waals surface area contributed by atoms with Crippen LogP contribution in [0.5, 0.6) is 11.5 Å². The summed E-state index contributed by atoms with van der Waals surface area (Å²) in [6.45, 7) is 0.255. The number of phenols is 1. The molecule has 0 aliphatic rings. The number of ether oxygens (including phenoxy) is 1. The number of para-hydroxylation sites is 3. The Balaban J connectivity index is 2.04. The minimum absolute atomic E-state index is 0.119. The zero-order chi connectivity index (χ0) is 15.2. The van der Waals surface area contributed by atoms with Crippen LogP contribution in [0.2, 0.25) is 0 Å². The van der Waals surface area contributed by atoms with Gasteiger partial charge in [0.15, 0.2) is 0 Å². The van der Waals surface area contributed by atoms with E-state index in [0.717, 1.165) is 5.69 Å². The molecule has 0 unspecified atom stereocenters. The number of aromatic hydroxyl groups is 1. The summed E-state index contributed by atoms with van der Waals surface area (Å²) < 4.78 is 5.19. The Kier molecular flexibility index (Phi) is 4.63. The first kappa shape index (κ1) is 14.7. The molecule has 0 bridgehead atoms. The van der Waals surface area contributed by atoms with Crippen molar-refractivity contribution < 1.29 is 19.7 Å². The lowest BCUT2D eigenvalue weighted by atomic mass is 10.1. The van der Waals surface area contributed by atoms with Crippen LogP contribution in [-0.4, -0.2) is 23.3 Å². The molecule has 6 heteroatoms. The monoisotopic (exact) mass is 288 g/mol. The molecule has 110 valence electrons. The average Bonchev–Trinajstić information content (AvgIpc) is 2.49. The van der Waals surface area contributed by atoms with Gasteiger partial charge < -0.3 is 20.4 Å². The van der Waals surface area contributed by atoms with E-state index in [1.54, 1.807) is 19.2 Å². The second-order valence-corrected chi connectivity index (χ2v) is 4.30. The fourth-order valence-electron chi connectivity index (χ4n) is 1.89. The van der Waals surface area contributed by atoms with Crippen molar-refractivity contribution in [3.63, 3.8) is 0 Å². The Morgan fingerprint density at radius 3 is 2.67 bits per heavy atom. The molecule has 6 nitrogen and oxygen atoms in total. The molecule has 2 aromatic carbocycles. The van der Waals surface area contributed by atoms with Crippen molar-refractivity contribution in [3.05, 3.63) is 53.6 Å². The molecule has 0 aliphatic heterocycles. The first-order valence-electron chi connectivity index (χ1n) is 6.29. The number of carboxylic acid groups (broad SMARTS) is 1. The minimum atomic E-state index is -1.16. The Bertz CT molecular complexity index is 643. The van der Waals surface area contributed by atoms with Gasteiger partial charge in [0.05, 0.1) is 12.8 Å². The number of benzene rings is 2. The zero-order valence-corrected chi connectivity index (χ0v) is 11.5. The van der Waals surface area contributed by atoms with E-state index in [1.807, 2.05) is 24.3 Å². The highest BCUT2D eigenvalue weighted by molar-refractivity contribution is 5.91. The molecule has 0 amide bonds. The fraction of sp³-hybridized carbons (Fsp3) is 0.133. The van der Waals surface area contributed by atoms with Crippen molar-refractivity contribution >= 4 is 11.7 Å². The third-order valence-electron chi connectivity index (χ3n) is 2.96. The number of methoxy groups -OCH3 is 1. The Labute approximate surface area is 122 Å². The van der Waals surface area contributed by atoms with Crippen LogP contribution in [0.1, 0.15) is 15.9 Å². The number of rotatable bonds is 6. The number of hydrazine groups is 1. The molecule has 0 aromatic heterocycles. The van der Waals surface area contributed by atoms with E-state index in [9.17, 15) is 9.90 Å². The van der Waals surface area contributed by atoms with Gasteiger partial charge >= 0.3 is 5.97 Å². The second kappa shape index (κ2) is 6.62. The molecule has 0 atom stereocenters. The van der Waals surface area contributed by atoms with Crippen molar-refractivity contribution in [2.75, 3.05) is 12.5 Å². The van der Waals surface area contributed by atoms with Crippen LogP contribution in [0.15, 0.2) is 42.5 Å². The summed E-state index contributed by atoms with van der Waals surface area (Å²) in [6.07, 6.45) is 0. The highest BCUT2D eigenvalue weighted by Gasteiger charge is 2.12. The van der Waals surface area contributed by atoms with Crippen molar-refractivity contribution in [1.82, 2.24) is 5.43 Å². The van der Waals surface area contributed by atoms with Gasteiger partial charge in [-0.3, -0.25) is 0 Å². The number of anilines is 1. The summed E-state index contributed by atoms with van der Waals surface area (Å²) in [5, 5.41) is 18.8. The third kappa shape index (κ3) is 3.43. The van der Waals surface area contributed by atoms with E-state index in [2.05, 4.69) is 10.9 Å². The van der Waals surface area contributed by atoms with E-state index in [1.165, 1.54) is 6.07 Å². The molecule has 0 aliphatic carbocycles. The molecule has 21 heavy (non-hydrogen) atoms. The van der Waals surface area contributed by atoms with Crippen molar-refractivity contribution in [2.24, 2.45) is 0 Å². The summed E-state index contributed by atoms with van der Waals surface area (Å²) >= 11 is 0. The van der Waals surface area contributed by atoms with E-state index < -0.39 is 5.97 Å². The van der Waals surface area contributed by atoms with Gasteiger partial charge in [0.2, 0.25) is 0 Å². The smallest absolute Gasteiger partial charge is 0.339 e. The van der Waals surface area contributed by atoms with Crippen LogP contribution < -0.4 is 15.6 Å². The van der Waals surface area contributed by atoms with Gasteiger partial charge in [-0.05, 0) is 18.2 Å². The average molecular weight is 288 g/mol. The molecular weight excluding hydrogens is 272 g/mol. The van der Waals surface area contributed by atoms with Crippen LogP contribution in [0.4, 0.5) is 5.69 Å². The number of carbonyl (C=O) groups is 1. The largest absolute Gasteiger partial charge is 0.507 e. The molecule has 0 heterocycles. The van der Waals surface area contributed by atoms with Gasteiger partial charge in [0.25, 0.3) is 0 Å². The van der Waals surface area contributed by atoms with Gasteiger partial charge in [-0.1, -0.05) is 24.3 Å². The highest BCUT2D eigenvalue weighted by atomic mass is 16.5. The standard InChI is InChI=1S/C15H16N2O4/c1-21-13-8-3-2-7-12(13)17-16-9-10-5-4-6-11(14(10)18)15(19)20/h2-8,16-18H,9H2,1H3,(H,19,20). The van der Waals surface area contributed by atoms with Crippen molar-refractivity contribution in [2.45, 2.75) is 6.54 Å². The summed E-state index contributed by atoms with van der Waals surface area (Å²) in [5.74, 6) is -0.722. The summed E-state index contributed by atoms with van der Waals surface area (Å²) in [4.78, 5) is 10.9. The van der Waals surface area contributed by atoms with E-state index in [4.69, 9.17) is 9.84 Å². The predicted molar refractivity (Wildman–Crippen MR) is 78.5 cm³/mol. The number of aromatic carboxylic acids is 1.